The minimum Gasteiger partial charge on any atom is -0.326 e. The van der Waals surface area contributed by atoms with E-state index in [9.17, 15) is 4.79 Å². The monoisotopic (exact) mass is 372 g/mol. The average Bonchev–Trinajstić information content (AvgIpc) is 2.65. The summed E-state index contributed by atoms with van der Waals surface area (Å²) in [7, 11) is 0. The summed E-state index contributed by atoms with van der Waals surface area (Å²) in [5.41, 5.74) is 3.36. The summed E-state index contributed by atoms with van der Waals surface area (Å²) in [6, 6.07) is 18.5. The number of carbonyl (C=O) groups excluding carboxylic acids is 1. The summed E-state index contributed by atoms with van der Waals surface area (Å²) in [5.74, 6) is 1.22. The van der Waals surface area contributed by atoms with Crippen molar-refractivity contribution in [3.63, 3.8) is 0 Å². The highest BCUT2D eigenvalue weighted by Gasteiger charge is 2.22. The van der Waals surface area contributed by atoms with E-state index in [1.54, 1.807) is 0 Å². The van der Waals surface area contributed by atoms with Gasteiger partial charge in [-0.05, 0) is 61.4 Å². The summed E-state index contributed by atoms with van der Waals surface area (Å²) < 4.78 is 0. The van der Waals surface area contributed by atoms with Gasteiger partial charge in [0.15, 0.2) is 0 Å². The van der Waals surface area contributed by atoms with Gasteiger partial charge in [0.2, 0.25) is 5.91 Å². The molecule has 1 heterocycles. The van der Waals surface area contributed by atoms with Gasteiger partial charge in [0.25, 0.3) is 0 Å². The van der Waals surface area contributed by atoms with Crippen molar-refractivity contribution in [1.82, 2.24) is 5.32 Å². The molecule has 1 aliphatic rings. The Morgan fingerprint density at radius 3 is 2.46 bits per heavy atom. The van der Waals surface area contributed by atoms with Gasteiger partial charge >= 0.3 is 0 Å². The molecule has 0 spiro atoms. The van der Waals surface area contributed by atoms with Crippen LogP contribution in [0.15, 0.2) is 54.6 Å². The lowest BCUT2D eigenvalue weighted by atomic mass is 9.84. The Kier molecular flexibility index (Phi) is 8.14. The molecule has 3 nitrogen and oxygen atoms in total. The van der Waals surface area contributed by atoms with Gasteiger partial charge in [0.1, 0.15) is 0 Å². The van der Waals surface area contributed by atoms with E-state index < -0.39 is 0 Å². The third kappa shape index (κ3) is 5.86. The third-order valence-electron chi connectivity index (χ3n) is 5.22. The highest BCUT2D eigenvalue weighted by atomic mass is 35.5. The highest BCUT2D eigenvalue weighted by Crippen LogP contribution is 2.25. The molecule has 0 radical (unpaired) electrons. The van der Waals surface area contributed by atoms with E-state index in [1.807, 2.05) is 24.3 Å². The van der Waals surface area contributed by atoms with E-state index in [4.69, 9.17) is 0 Å². The van der Waals surface area contributed by atoms with Crippen molar-refractivity contribution < 1.29 is 4.79 Å². The van der Waals surface area contributed by atoms with E-state index in [1.165, 1.54) is 18.4 Å². The Morgan fingerprint density at radius 2 is 1.73 bits per heavy atom. The molecule has 1 saturated heterocycles. The number of para-hydroxylation sites is 1. The van der Waals surface area contributed by atoms with Crippen molar-refractivity contribution in [3.8, 4) is 0 Å². The number of halogens is 1. The zero-order valence-electron chi connectivity index (χ0n) is 15.4. The molecule has 1 aliphatic heterocycles. The summed E-state index contributed by atoms with van der Waals surface area (Å²) >= 11 is 0. The van der Waals surface area contributed by atoms with Crippen molar-refractivity contribution in [2.24, 2.45) is 11.8 Å². The van der Waals surface area contributed by atoms with Gasteiger partial charge in [-0.25, -0.2) is 0 Å². The fraction of sp³-hybridized carbons (Fsp3) is 0.409. The lowest BCUT2D eigenvalue weighted by Crippen LogP contribution is -2.32. The molecular weight excluding hydrogens is 344 g/mol. The molecule has 0 saturated carbocycles. The number of nitrogens with one attached hydrogen (secondary N) is 2. The van der Waals surface area contributed by atoms with Crippen molar-refractivity contribution in [2.45, 2.75) is 32.6 Å². The Labute approximate surface area is 163 Å². The molecule has 2 aromatic carbocycles. The molecule has 1 unspecified atom stereocenters. The van der Waals surface area contributed by atoms with Crippen molar-refractivity contribution in [2.75, 3.05) is 18.4 Å². The fourth-order valence-corrected chi connectivity index (χ4v) is 3.69. The predicted octanol–water partition coefficient (Wildman–Crippen LogP) is 4.66. The molecule has 1 fully saturated rings. The smallest absolute Gasteiger partial charge is 0.224 e. The highest BCUT2D eigenvalue weighted by molar-refractivity contribution is 5.91. The summed E-state index contributed by atoms with van der Waals surface area (Å²) in [5, 5.41) is 6.54. The quantitative estimate of drug-likeness (QED) is 0.774. The first kappa shape index (κ1) is 20.5. The van der Waals surface area contributed by atoms with Gasteiger partial charge in [-0.2, -0.15) is 0 Å². The van der Waals surface area contributed by atoms with Gasteiger partial charge in [0.05, 0.1) is 0 Å². The topological polar surface area (TPSA) is 41.1 Å². The summed E-state index contributed by atoms with van der Waals surface area (Å²) in [4.78, 5) is 12.5. The van der Waals surface area contributed by atoms with Gasteiger partial charge in [-0.1, -0.05) is 55.5 Å². The maximum Gasteiger partial charge on any atom is 0.224 e. The van der Waals surface area contributed by atoms with Crippen LogP contribution in [0.3, 0.4) is 0 Å². The van der Waals surface area contributed by atoms with E-state index >= 15 is 0 Å². The Balaban J connectivity index is 0.00000243. The zero-order chi connectivity index (χ0) is 17.5. The largest absolute Gasteiger partial charge is 0.326 e. The van der Waals surface area contributed by atoms with Crippen LogP contribution in [0.25, 0.3) is 0 Å². The van der Waals surface area contributed by atoms with Gasteiger partial charge in [0, 0.05) is 12.1 Å². The summed E-state index contributed by atoms with van der Waals surface area (Å²) in [6.45, 7) is 4.37. The minimum atomic E-state index is 0. The van der Waals surface area contributed by atoms with E-state index in [2.05, 4.69) is 47.9 Å². The van der Waals surface area contributed by atoms with Crippen LogP contribution in [0.1, 0.15) is 37.3 Å². The van der Waals surface area contributed by atoms with Crippen LogP contribution in [0.2, 0.25) is 0 Å². The molecule has 0 aliphatic carbocycles. The second-order valence-corrected chi connectivity index (χ2v) is 7.14. The maximum absolute atomic E-state index is 12.5. The number of rotatable bonds is 6. The number of piperidine rings is 1. The number of hydrogen-bond donors (Lipinski definition) is 2. The molecule has 1 amide bonds. The van der Waals surface area contributed by atoms with Crippen LogP contribution >= 0.6 is 12.4 Å². The van der Waals surface area contributed by atoms with Crippen LogP contribution in [0, 0.1) is 11.8 Å². The third-order valence-corrected chi connectivity index (χ3v) is 5.22. The van der Waals surface area contributed by atoms with E-state index in [0.717, 1.165) is 30.8 Å². The second-order valence-electron chi connectivity index (χ2n) is 7.14. The number of hydrogen-bond acceptors (Lipinski definition) is 2. The first-order chi connectivity index (χ1) is 12.2. The van der Waals surface area contributed by atoms with Gasteiger partial charge < -0.3 is 10.6 Å². The summed E-state index contributed by atoms with van der Waals surface area (Å²) in [6.07, 6.45) is 3.80. The zero-order valence-corrected chi connectivity index (χ0v) is 16.2. The van der Waals surface area contributed by atoms with Crippen LogP contribution in [0.4, 0.5) is 5.69 Å². The lowest BCUT2D eigenvalue weighted by Gasteiger charge is -2.28. The molecule has 0 aromatic heterocycles. The van der Waals surface area contributed by atoms with Gasteiger partial charge in [-0.15, -0.1) is 12.4 Å². The molecule has 140 valence electrons. The van der Waals surface area contributed by atoms with E-state index in [-0.39, 0.29) is 18.3 Å². The molecule has 26 heavy (non-hydrogen) atoms. The number of benzene rings is 2. The minimum absolute atomic E-state index is 0. The normalized spacial score (nSPS) is 15.7. The maximum atomic E-state index is 12.5. The van der Waals surface area contributed by atoms with Gasteiger partial charge in [-0.3, -0.25) is 4.79 Å². The Morgan fingerprint density at radius 1 is 1.08 bits per heavy atom. The van der Waals surface area contributed by atoms with Crippen molar-refractivity contribution in [1.29, 1.82) is 0 Å². The molecule has 2 N–H and O–H groups in total. The predicted molar refractivity (Wildman–Crippen MR) is 111 cm³/mol. The number of amides is 1. The molecular formula is C22H29ClN2O. The van der Waals surface area contributed by atoms with Crippen molar-refractivity contribution in [3.05, 3.63) is 65.7 Å². The molecule has 1 atom stereocenters. The molecule has 0 bridgehead atoms. The fourth-order valence-electron chi connectivity index (χ4n) is 3.69. The number of carbonyl (C=O) groups is 1. The van der Waals surface area contributed by atoms with Crippen molar-refractivity contribution >= 4 is 24.0 Å². The van der Waals surface area contributed by atoms with Crippen LogP contribution < -0.4 is 10.6 Å². The first-order valence-corrected chi connectivity index (χ1v) is 9.35. The Hall–Kier alpha value is -1.84. The number of anilines is 1. The van der Waals surface area contributed by atoms with Crippen LogP contribution in [0.5, 0.6) is 0 Å². The molecule has 2 aromatic rings. The van der Waals surface area contributed by atoms with Crippen LogP contribution in [-0.2, 0) is 11.2 Å². The molecule has 4 heteroatoms. The average molecular weight is 373 g/mol. The SMILES string of the molecule is CC(CC(=O)Nc1ccccc1Cc1ccccc1)C1CCNCC1.Cl. The second kappa shape index (κ2) is 10.3. The molecule has 3 rings (SSSR count). The lowest BCUT2D eigenvalue weighted by molar-refractivity contribution is -0.117. The standard InChI is InChI=1S/C22H28N2O.ClH/c1-17(19-11-13-23-14-12-19)15-22(25)24-21-10-6-5-9-20(21)16-18-7-3-2-4-8-18;/h2-10,17,19,23H,11-16H2,1H3,(H,24,25);1H. The van der Waals surface area contributed by atoms with E-state index in [0.29, 0.717) is 18.3 Å². The van der Waals surface area contributed by atoms with Crippen LogP contribution in [-0.4, -0.2) is 19.0 Å². The first-order valence-electron chi connectivity index (χ1n) is 9.35. The Bertz CT molecular complexity index is 684.